The standard InChI is InChI=1S/C26H25FN4O3/c1-2-3-10-31-23(32)21-20(11-14-13-28-18-7-5-4-6-16(14)18)30-26(22(21)24(31)33)17-12-15(27)8-9-19(17)29-25(26)34/h4-9,12-13,20-22,28,30H,2-3,10-11H2,1H3,(H,29,34)/t20-,21-,22+,26+/m1/s1. The number of unbranched alkanes of at least 4 members (excludes halogenated alkanes) is 1. The van der Waals surface area contributed by atoms with Gasteiger partial charge >= 0.3 is 0 Å². The zero-order chi connectivity index (χ0) is 23.6. The number of amides is 3. The van der Waals surface area contributed by atoms with Crippen LogP contribution in [-0.4, -0.2) is 40.2 Å². The molecule has 0 saturated carbocycles. The summed E-state index contributed by atoms with van der Waals surface area (Å²) in [7, 11) is 0. The van der Waals surface area contributed by atoms with Crippen LogP contribution in [0.5, 0.6) is 0 Å². The fourth-order valence-electron chi connectivity index (χ4n) is 6.08. The highest BCUT2D eigenvalue weighted by Crippen LogP contribution is 2.53. The lowest BCUT2D eigenvalue weighted by atomic mass is 9.76. The molecule has 1 spiro atoms. The molecule has 4 atom stereocenters. The Morgan fingerprint density at radius 2 is 1.91 bits per heavy atom. The van der Waals surface area contributed by atoms with Crippen LogP contribution < -0.4 is 10.6 Å². The van der Waals surface area contributed by atoms with Gasteiger partial charge in [0.15, 0.2) is 0 Å². The summed E-state index contributed by atoms with van der Waals surface area (Å²) in [5.41, 5.74) is 1.36. The fourth-order valence-corrected chi connectivity index (χ4v) is 6.08. The molecule has 34 heavy (non-hydrogen) atoms. The Balaban J connectivity index is 1.47. The normalized spacial score (nSPS) is 27.6. The molecule has 0 radical (unpaired) electrons. The summed E-state index contributed by atoms with van der Waals surface area (Å²) < 4.78 is 14.3. The molecule has 3 aromatic rings. The lowest BCUT2D eigenvalue weighted by Gasteiger charge is -2.29. The molecule has 2 fully saturated rings. The van der Waals surface area contributed by atoms with Gasteiger partial charge in [-0.15, -0.1) is 0 Å². The molecule has 7 nitrogen and oxygen atoms in total. The van der Waals surface area contributed by atoms with E-state index < -0.39 is 35.1 Å². The van der Waals surface area contributed by atoms with Crippen molar-refractivity contribution in [3.63, 3.8) is 0 Å². The van der Waals surface area contributed by atoms with E-state index >= 15 is 0 Å². The Morgan fingerprint density at radius 3 is 2.74 bits per heavy atom. The number of nitrogens with zero attached hydrogens (tertiary/aromatic N) is 1. The quantitative estimate of drug-likeness (QED) is 0.510. The van der Waals surface area contributed by atoms with Crippen molar-refractivity contribution in [1.82, 2.24) is 15.2 Å². The number of carbonyl (C=O) groups is 3. The summed E-state index contributed by atoms with van der Waals surface area (Å²) in [6.07, 6.45) is 3.89. The van der Waals surface area contributed by atoms with Crippen LogP contribution in [0.4, 0.5) is 10.1 Å². The topological polar surface area (TPSA) is 94.3 Å². The number of carbonyl (C=O) groups excluding carboxylic acids is 3. The van der Waals surface area contributed by atoms with Gasteiger partial charge in [-0.3, -0.25) is 24.6 Å². The van der Waals surface area contributed by atoms with E-state index in [1.807, 2.05) is 37.4 Å². The number of likely N-dealkylation sites (tertiary alicyclic amines) is 1. The van der Waals surface area contributed by atoms with E-state index in [9.17, 15) is 18.8 Å². The predicted molar refractivity (Wildman–Crippen MR) is 124 cm³/mol. The number of halogens is 1. The van der Waals surface area contributed by atoms with Gasteiger partial charge in [0.05, 0.1) is 11.8 Å². The lowest BCUT2D eigenvalue weighted by Crippen LogP contribution is -2.53. The number of imide groups is 1. The minimum atomic E-state index is -1.48. The van der Waals surface area contributed by atoms with Gasteiger partial charge in [-0.05, 0) is 42.7 Å². The van der Waals surface area contributed by atoms with Crippen LogP contribution in [0.25, 0.3) is 10.9 Å². The molecule has 3 aliphatic heterocycles. The van der Waals surface area contributed by atoms with Gasteiger partial charge < -0.3 is 10.3 Å². The number of hydrogen-bond donors (Lipinski definition) is 3. The van der Waals surface area contributed by atoms with Crippen molar-refractivity contribution in [2.75, 3.05) is 11.9 Å². The first-order valence-electron chi connectivity index (χ1n) is 11.7. The molecule has 2 saturated heterocycles. The first kappa shape index (κ1) is 21.0. The molecular weight excluding hydrogens is 435 g/mol. The number of aromatic nitrogens is 1. The third-order valence-corrected chi connectivity index (χ3v) is 7.62. The number of hydrogen-bond acceptors (Lipinski definition) is 4. The maximum Gasteiger partial charge on any atom is 0.250 e. The Morgan fingerprint density at radius 1 is 1.09 bits per heavy atom. The maximum absolute atomic E-state index is 14.3. The largest absolute Gasteiger partial charge is 0.361 e. The highest BCUT2D eigenvalue weighted by atomic mass is 19.1. The fraction of sp³-hybridized carbons (Fsp3) is 0.346. The maximum atomic E-state index is 14.3. The number of anilines is 1. The lowest BCUT2D eigenvalue weighted by molar-refractivity contribution is -0.142. The predicted octanol–water partition coefficient (Wildman–Crippen LogP) is 3.07. The van der Waals surface area contributed by atoms with Crippen molar-refractivity contribution < 1.29 is 18.8 Å². The van der Waals surface area contributed by atoms with Crippen LogP contribution in [0, 0.1) is 17.7 Å². The van der Waals surface area contributed by atoms with Crippen LogP contribution >= 0.6 is 0 Å². The molecule has 2 aromatic carbocycles. The average molecular weight is 461 g/mol. The highest BCUT2D eigenvalue weighted by molar-refractivity contribution is 6.15. The molecule has 6 rings (SSSR count). The molecule has 0 unspecified atom stereocenters. The van der Waals surface area contributed by atoms with Gasteiger partial charge in [0.1, 0.15) is 11.4 Å². The zero-order valence-corrected chi connectivity index (χ0v) is 18.7. The Bertz CT molecular complexity index is 1350. The van der Waals surface area contributed by atoms with E-state index in [0.29, 0.717) is 30.6 Å². The van der Waals surface area contributed by atoms with Gasteiger partial charge in [0.25, 0.3) is 0 Å². The van der Waals surface area contributed by atoms with E-state index in [1.54, 1.807) is 0 Å². The molecule has 8 heteroatoms. The van der Waals surface area contributed by atoms with Crippen molar-refractivity contribution in [2.45, 2.75) is 37.8 Å². The van der Waals surface area contributed by atoms with Crippen molar-refractivity contribution in [2.24, 2.45) is 11.8 Å². The molecule has 0 aliphatic carbocycles. The molecule has 0 bridgehead atoms. The van der Waals surface area contributed by atoms with Crippen LogP contribution in [0.15, 0.2) is 48.7 Å². The van der Waals surface area contributed by atoms with Gasteiger partial charge in [0.2, 0.25) is 17.7 Å². The summed E-state index contributed by atoms with van der Waals surface area (Å²) in [5, 5.41) is 7.23. The van der Waals surface area contributed by atoms with E-state index in [0.717, 1.165) is 22.9 Å². The monoisotopic (exact) mass is 460 g/mol. The molecule has 174 valence electrons. The van der Waals surface area contributed by atoms with E-state index in [4.69, 9.17) is 0 Å². The zero-order valence-electron chi connectivity index (χ0n) is 18.7. The number of aromatic amines is 1. The first-order valence-corrected chi connectivity index (χ1v) is 11.7. The number of nitrogens with one attached hydrogen (secondary N) is 3. The van der Waals surface area contributed by atoms with Crippen molar-refractivity contribution in [3.05, 3.63) is 65.6 Å². The number of rotatable bonds is 5. The van der Waals surface area contributed by atoms with Gasteiger partial charge in [-0.25, -0.2) is 4.39 Å². The van der Waals surface area contributed by atoms with Gasteiger partial charge in [-0.2, -0.15) is 0 Å². The third kappa shape index (κ3) is 2.75. The molecule has 1 aromatic heterocycles. The Labute approximate surface area is 195 Å². The minimum absolute atomic E-state index is 0.254. The van der Waals surface area contributed by atoms with Crippen molar-refractivity contribution >= 4 is 34.3 Å². The smallest absolute Gasteiger partial charge is 0.250 e. The number of H-pyrrole nitrogens is 1. The van der Waals surface area contributed by atoms with Gasteiger partial charge in [-0.1, -0.05) is 31.5 Å². The molecule has 3 aliphatic rings. The van der Waals surface area contributed by atoms with Gasteiger partial charge in [0, 0.05) is 40.9 Å². The van der Waals surface area contributed by atoms with E-state index in [2.05, 4.69) is 15.6 Å². The van der Waals surface area contributed by atoms with E-state index in [-0.39, 0.29) is 11.8 Å². The second-order valence-corrected chi connectivity index (χ2v) is 9.45. The number of benzene rings is 2. The molecule has 3 N–H and O–H groups in total. The number of para-hydroxylation sites is 1. The Hall–Kier alpha value is -3.52. The van der Waals surface area contributed by atoms with Crippen LogP contribution in [0.1, 0.15) is 30.9 Å². The molecular formula is C26H25FN4O3. The average Bonchev–Trinajstić information content (AvgIpc) is 3.53. The third-order valence-electron chi connectivity index (χ3n) is 7.62. The number of fused-ring (bicyclic) bond motifs is 5. The highest BCUT2D eigenvalue weighted by Gasteiger charge is 2.70. The first-order chi connectivity index (χ1) is 16.5. The van der Waals surface area contributed by atoms with Crippen LogP contribution in [0.2, 0.25) is 0 Å². The summed E-state index contributed by atoms with van der Waals surface area (Å²) in [5.74, 6) is -3.15. The van der Waals surface area contributed by atoms with Crippen LogP contribution in [0.3, 0.4) is 0 Å². The van der Waals surface area contributed by atoms with Crippen LogP contribution in [-0.2, 0) is 26.3 Å². The summed E-state index contributed by atoms with van der Waals surface area (Å²) in [4.78, 5) is 45.3. The molecule has 4 heterocycles. The van der Waals surface area contributed by atoms with E-state index in [1.165, 1.54) is 23.1 Å². The summed E-state index contributed by atoms with van der Waals surface area (Å²) in [6, 6.07) is 11.5. The minimum Gasteiger partial charge on any atom is -0.361 e. The van der Waals surface area contributed by atoms with Crippen molar-refractivity contribution in [1.29, 1.82) is 0 Å². The summed E-state index contributed by atoms with van der Waals surface area (Å²) in [6.45, 7) is 2.33. The van der Waals surface area contributed by atoms with Crippen molar-refractivity contribution in [3.8, 4) is 0 Å². The Kier molecular flexibility index (Phi) is 4.64. The summed E-state index contributed by atoms with van der Waals surface area (Å²) >= 11 is 0. The second kappa shape index (κ2) is 7.50. The second-order valence-electron chi connectivity index (χ2n) is 9.45. The SMILES string of the molecule is CCCCN1C(=O)[C@H]2[C@@H](C1=O)[C@]1(N[C@@H]2Cc2c[nH]c3ccccc23)C(=O)Nc2ccc(F)cc21. The molecule has 3 amide bonds.